The van der Waals surface area contributed by atoms with Gasteiger partial charge < -0.3 is 43.6 Å². The van der Waals surface area contributed by atoms with Gasteiger partial charge in [-0.1, -0.05) is 129 Å². The lowest BCUT2D eigenvalue weighted by Crippen LogP contribution is -2.14. The van der Waals surface area contributed by atoms with Crippen molar-refractivity contribution in [2.24, 2.45) is 0 Å². The average molecular weight is 726 g/mol. The van der Waals surface area contributed by atoms with Crippen LogP contribution in [-0.4, -0.2) is 92.5 Å². The maximum Gasteiger partial charge on any atom is 0.163 e. The first kappa shape index (κ1) is 47.4. The van der Waals surface area contributed by atoms with Gasteiger partial charge in [-0.05, 0) is 25.0 Å². The second-order valence-electron chi connectivity index (χ2n) is 13.4. The van der Waals surface area contributed by atoms with Crippen molar-refractivity contribution in [1.29, 1.82) is 0 Å². The van der Waals surface area contributed by atoms with Crippen LogP contribution in [0, 0.1) is 0 Å². The van der Waals surface area contributed by atoms with Crippen molar-refractivity contribution in [2.45, 2.75) is 142 Å². The van der Waals surface area contributed by atoms with Crippen molar-refractivity contribution in [3.63, 3.8) is 0 Å². The molecule has 2 N–H and O–H groups in total. The third-order valence-corrected chi connectivity index (χ3v) is 8.71. The summed E-state index contributed by atoms with van der Waals surface area (Å²) >= 11 is 0. The Labute approximate surface area is 313 Å². The molecule has 9 heteroatoms. The van der Waals surface area contributed by atoms with Gasteiger partial charge in [0.1, 0.15) is 13.2 Å². The van der Waals surface area contributed by atoms with Crippen molar-refractivity contribution < 1.29 is 37.9 Å². The summed E-state index contributed by atoms with van der Waals surface area (Å²) in [4.78, 5) is 0. The zero-order chi connectivity index (χ0) is 36.6. The zero-order valence-electron chi connectivity index (χ0n) is 33.1. The van der Waals surface area contributed by atoms with Crippen LogP contribution in [0.2, 0.25) is 0 Å². The largest absolute Gasteiger partial charge is 0.487 e. The quantitative estimate of drug-likeness (QED) is 0.0521. The van der Waals surface area contributed by atoms with Crippen LogP contribution in [0.15, 0.2) is 18.2 Å². The third-order valence-electron chi connectivity index (χ3n) is 8.71. The van der Waals surface area contributed by atoms with Crippen LogP contribution in [0.3, 0.4) is 0 Å². The molecular formula is C42H79NO8. The van der Waals surface area contributed by atoms with Crippen LogP contribution >= 0.6 is 0 Å². The van der Waals surface area contributed by atoms with Gasteiger partial charge in [-0.25, -0.2) is 0 Å². The number of anilines is 1. The predicted octanol–water partition coefficient (Wildman–Crippen LogP) is 9.97. The minimum Gasteiger partial charge on any atom is -0.487 e. The molecule has 0 fully saturated rings. The summed E-state index contributed by atoms with van der Waals surface area (Å²) < 4.78 is 45.7. The van der Waals surface area contributed by atoms with Crippen LogP contribution in [-0.2, 0) is 28.4 Å². The van der Waals surface area contributed by atoms with Gasteiger partial charge in [-0.2, -0.15) is 0 Å². The first-order valence-electron chi connectivity index (χ1n) is 20.9. The van der Waals surface area contributed by atoms with Crippen molar-refractivity contribution in [1.82, 2.24) is 0 Å². The number of hydrogen-bond acceptors (Lipinski definition) is 9. The summed E-state index contributed by atoms with van der Waals surface area (Å²) in [6.07, 6.45) is 26.7. The lowest BCUT2D eigenvalue weighted by Gasteiger charge is -2.14. The molecule has 9 nitrogen and oxygen atoms in total. The van der Waals surface area contributed by atoms with Gasteiger partial charge in [0.05, 0.1) is 66.1 Å². The molecule has 0 aliphatic heterocycles. The van der Waals surface area contributed by atoms with Gasteiger partial charge in [-0.15, -0.1) is 0 Å². The second-order valence-corrected chi connectivity index (χ2v) is 13.4. The fourth-order valence-corrected chi connectivity index (χ4v) is 5.64. The highest BCUT2D eigenvalue weighted by atomic mass is 16.6. The number of benzene rings is 1. The number of hydrogen-bond donors (Lipinski definition) is 1. The Morgan fingerprint density at radius 1 is 0.333 bits per heavy atom. The SMILES string of the molecule is CCCCCCCCCCCCOCCOCCOCCOc1ccc(N)cc1OCCOCCOCCOCCCCCCCCCCCC. The zero-order valence-corrected chi connectivity index (χ0v) is 33.1. The summed E-state index contributed by atoms with van der Waals surface area (Å²) in [5.74, 6) is 1.22. The first-order chi connectivity index (χ1) is 25.3. The first-order valence-corrected chi connectivity index (χ1v) is 20.9. The number of rotatable bonds is 42. The van der Waals surface area contributed by atoms with Crippen LogP contribution in [0.25, 0.3) is 0 Å². The number of ether oxygens (including phenoxy) is 8. The molecule has 0 heterocycles. The molecule has 0 aromatic heterocycles. The van der Waals surface area contributed by atoms with E-state index in [9.17, 15) is 0 Å². The van der Waals surface area contributed by atoms with Gasteiger partial charge in [0, 0.05) is 25.0 Å². The Morgan fingerprint density at radius 2 is 0.627 bits per heavy atom. The Kier molecular flexibility index (Phi) is 36.8. The summed E-state index contributed by atoms with van der Waals surface area (Å²) in [5.41, 5.74) is 6.58. The van der Waals surface area contributed by atoms with E-state index in [1.165, 1.54) is 116 Å². The van der Waals surface area contributed by atoms with E-state index in [-0.39, 0.29) is 0 Å². The minimum atomic E-state index is 0.387. The molecule has 300 valence electrons. The molecule has 0 amide bonds. The molecule has 0 spiro atoms. The van der Waals surface area contributed by atoms with Gasteiger partial charge in [0.2, 0.25) is 0 Å². The van der Waals surface area contributed by atoms with E-state index in [0.717, 1.165) is 26.1 Å². The summed E-state index contributed by atoms with van der Waals surface area (Å²) in [6, 6.07) is 5.38. The smallest absolute Gasteiger partial charge is 0.163 e. The van der Waals surface area contributed by atoms with E-state index in [0.29, 0.717) is 96.5 Å². The van der Waals surface area contributed by atoms with E-state index in [2.05, 4.69) is 13.8 Å². The Balaban J connectivity index is 1.88. The van der Waals surface area contributed by atoms with Crippen molar-refractivity contribution >= 4 is 5.69 Å². The van der Waals surface area contributed by atoms with Crippen molar-refractivity contribution in [2.75, 3.05) is 98.2 Å². The fourth-order valence-electron chi connectivity index (χ4n) is 5.64. The van der Waals surface area contributed by atoms with E-state index >= 15 is 0 Å². The third kappa shape index (κ3) is 33.9. The van der Waals surface area contributed by atoms with E-state index < -0.39 is 0 Å². The van der Waals surface area contributed by atoms with Crippen LogP contribution < -0.4 is 15.2 Å². The molecule has 0 bridgehead atoms. The summed E-state index contributed by atoms with van der Waals surface area (Å²) in [7, 11) is 0. The molecule has 1 aromatic carbocycles. The molecule has 1 rings (SSSR count). The predicted molar refractivity (Wildman–Crippen MR) is 210 cm³/mol. The highest BCUT2D eigenvalue weighted by molar-refractivity contribution is 5.52. The van der Waals surface area contributed by atoms with Crippen LogP contribution in [0.1, 0.15) is 142 Å². The van der Waals surface area contributed by atoms with Crippen LogP contribution in [0.5, 0.6) is 11.5 Å². The molecule has 51 heavy (non-hydrogen) atoms. The molecule has 1 aromatic rings. The molecular weight excluding hydrogens is 646 g/mol. The average Bonchev–Trinajstić information content (AvgIpc) is 3.14. The van der Waals surface area contributed by atoms with Gasteiger partial charge in [0.15, 0.2) is 11.5 Å². The second kappa shape index (κ2) is 39.6. The van der Waals surface area contributed by atoms with Gasteiger partial charge >= 0.3 is 0 Å². The van der Waals surface area contributed by atoms with Crippen molar-refractivity contribution in [3.8, 4) is 11.5 Å². The number of nitrogens with two attached hydrogens (primary N) is 1. The fraction of sp³-hybridized carbons (Fsp3) is 0.857. The molecule has 0 aliphatic rings. The summed E-state index contributed by atoms with van der Waals surface area (Å²) in [6.45, 7) is 12.4. The Bertz CT molecular complexity index is 830. The maximum atomic E-state index is 5.97. The lowest BCUT2D eigenvalue weighted by atomic mass is 10.1. The normalized spacial score (nSPS) is 11.4. The van der Waals surface area contributed by atoms with Gasteiger partial charge in [-0.3, -0.25) is 0 Å². The molecule has 0 atom stereocenters. The number of nitrogen functional groups attached to an aromatic ring is 1. The van der Waals surface area contributed by atoms with E-state index in [1.54, 1.807) is 12.1 Å². The standard InChI is InChI=1S/C42H79NO8/c1-3-5-7-9-11-13-15-17-19-21-25-44-27-29-46-31-33-48-35-37-50-41-24-23-40(43)39-42(41)51-38-36-49-34-32-47-30-28-45-26-22-20-18-16-14-12-10-8-6-4-2/h23-24,39H,3-22,25-38,43H2,1-2H3. The molecule has 0 aliphatic carbocycles. The topological polar surface area (TPSA) is 99.9 Å². The molecule has 0 unspecified atom stereocenters. The highest BCUT2D eigenvalue weighted by Gasteiger charge is 2.07. The van der Waals surface area contributed by atoms with Crippen molar-refractivity contribution in [3.05, 3.63) is 18.2 Å². The molecule has 0 radical (unpaired) electrons. The summed E-state index contributed by atoms with van der Waals surface area (Å²) in [5, 5.41) is 0. The Hall–Kier alpha value is -1.62. The number of unbranched alkanes of at least 4 members (excludes halogenated alkanes) is 18. The molecule has 0 saturated heterocycles. The molecule has 0 saturated carbocycles. The van der Waals surface area contributed by atoms with Gasteiger partial charge in [0.25, 0.3) is 0 Å². The highest BCUT2D eigenvalue weighted by Crippen LogP contribution is 2.29. The lowest BCUT2D eigenvalue weighted by molar-refractivity contribution is 0.00729. The maximum absolute atomic E-state index is 5.97. The van der Waals surface area contributed by atoms with E-state index in [4.69, 9.17) is 43.6 Å². The Morgan fingerprint density at radius 3 is 1.00 bits per heavy atom. The van der Waals surface area contributed by atoms with E-state index in [1.807, 2.05) is 6.07 Å². The monoisotopic (exact) mass is 726 g/mol. The van der Waals surface area contributed by atoms with Crippen LogP contribution in [0.4, 0.5) is 5.69 Å². The minimum absolute atomic E-state index is 0.387.